The van der Waals surface area contributed by atoms with E-state index in [0.29, 0.717) is 17.8 Å². The highest BCUT2D eigenvalue weighted by Gasteiger charge is 2.13. The van der Waals surface area contributed by atoms with Gasteiger partial charge in [-0.15, -0.1) is 0 Å². The van der Waals surface area contributed by atoms with Crippen LogP contribution in [0, 0.1) is 5.41 Å². The molecule has 2 aromatic rings. The van der Waals surface area contributed by atoms with Crippen LogP contribution in [0.25, 0.3) is 5.95 Å². The molecule has 0 aliphatic rings. The summed E-state index contributed by atoms with van der Waals surface area (Å²) in [5, 5.41) is 10.3. The van der Waals surface area contributed by atoms with Crippen LogP contribution in [0.1, 0.15) is 27.7 Å². The van der Waals surface area contributed by atoms with Gasteiger partial charge in [0.05, 0.1) is 0 Å². The maximum Gasteiger partial charge on any atom is 0.258 e. The van der Waals surface area contributed by atoms with E-state index in [4.69, 9.17) is 0 Å². The topological polar surface area (TPSA) is 93.4 Å². The molecule has 0 bridgehead atoms. The minimum atomic E-state index is 0.137. The van der Waals surface area contributed by atoms with Gasteiger partial charge in [0.25, 0.3) is 5.95 Å². The first kappa shape index (κ1) is 14.2. The van der Waals surface area contributed by atoms with Crippen molar-refractivity contribution in [3.63, 3.8) is 0 Å². The molecule has 0 unspecified atom stereocenters. The average molecular weight is 276 g/mol. The van der Waals surface area contributed by atoms with Gasteiger partial charge in [-0.05, 0) is 12.3 Å². The Bertz CT molecular complexity index is 543. The number of rotatable bonds is 5. The van der Waals surface area contributed by atoms with Crippen molar-refractivity contribution in [2.75, 3.05) is 23.7 Å². The zero-order valence-electron chi connectivity index (χ0n) is 12.3. The zero-order chi connectivity index (χ0) is 14.6. The van der Waals surface area contributed by atoms with E-state index < -0.39 is 0 Å². The van der Waals surface area contributed by atoms with Gasteiger partial charge in [-0.1, -0.05) is 20.8 Å². The maximum atomic E-state index is 4.35. The van der Waals surface area contributed by atoms with Crippen molar-refractivity contribution in [1.29, 1.82) is 0 Å². The maximum absolute atomic E-state index is 4.35. The van der Waals surface area contributed by atoms with Gasteiger partial charge in [-0.2, -0.15) is 24.7 Å². The second kappa shape index (κ2) is 5.81. The summed E-state index contributed by atoms with van der Waals surface area (Å²) in [6.45, 7) is 9.92. The van der Waals surface area contributed by atoms with Crippen LogP contribution in [0.4, 0.5) is 11.9 Å². The molecule has 0 saturated heterocycles. The summed E-state index contributed by atoms with van der Waals surface area (Å²) in [4.78, 5) is 16.9. The molecular weight excluding hydrogens is 256 g/mol. The van der Waals surface area contributed by atoms with Crippen LogP contribution in [-0.4, -0.2) is 42.8 Å². The molecule has 2 N–H and O–H groups in total. The monoisotopic (exact) mass is 276 g/mol. The second-order valence-electron chi connectivity index (χ2n) is 5.57. The molecule has 0 amide bonds. The third-order valence-corrected chi connectivity index (χ3v) is 2.36. The Kier molecular flexibility index (Phi) is 4.11. The number of anilines is 2. The molecule has 2 heterocycles. The van der Waals surface area contributed by atoms with Crippen molar-refractivity contribution >= 4 is 11.9 Å². The first-order valence-electron chi connectivity index (χ1n) is 6.57. The summed E-state index contributed by atoms with van der Waals surface area (Å²) in [5.41, 5.74) is 0.137. The van der Waals surface area contributed by atoms with Gasteiger partial charge in [-0.25, -0.2) is 4.98 Å². The number of hydrogen-bond donors (Lipinski definition) is 2. The molecule has 0 spiro atoms. The third-order valence-electron chi connectivity index (χ3n) is 2.36. The van der Waals surface area contributed by atoms with E-state index in [1.807, 2.05) is 6.92 Å². The summed E-state index contributed by atoms with van der Waals surface area (Å²) < 4.78 is 1.50. The lowest BCUT2D eigenvalue weighted by atomic mass is 9.97. The molecular formula is C12H20N8. The normalized spacial score (nSPS) is 11.4. The molecule has 0 aliphatic heterocycles. The van der Waals surface area contributed by atoms with Gasteiger partial charge < -0.3 is 10.6 Å². The summed E-state index contributed by atoms with van der Waals surface area (Å²) in [6, 6.07) is 0. The van der Waals surface area contributed by atoms with Crippen LogP contribution in [-0.2, 0) is 0 Å². The Morgan fingerprint density at radius 2 is 1.80 bits per heavy atom. The van der Waals surface area contributed by atoms with Crippen LogP contribution >= 0.6 is 0 Å². The molecule has 108 valence electrons. The van der Waals surface area contributed by atoms with Crippen LogP contribution in [0.15, 0.2) is 12.7 Å². The molecule has 0 aromatic carbocycles. The predicted octanol–water partition coefficient (Wildman–Crippen LogP) is 1.34. The van der Waals surface area contributed by atoms with Crippen molar-refractivity contribution in [3.05, 3.63) is 12.7 Å². The SMILES string of the molecule is CCNc1nc(NCC(C)(C)C)nc(-n2cncn2)n1. The van der Waals surface area contributed by atoms with Crippen LogP contribution < -0.4 is 10.6 Å². The number of nitrogens with zero attached hydrogens (tertiary/aromatic N) is 6. The first-order valence-corrected chi connectivity index (χ1v) is 6.57. The molecule has 2 rings (SSSR count). The van der Waals surface area contributed by atoms with Gasteiger partial charge in [0.2, 0.25) is 11.9 Å². The third kappa shape index (κ3) is 3.87. The summed E-state index contributed by atoms with van der Waals surface area (Å²) in [6.07, 6.45) is 3.00. The summed E-state index contributed by atoms with van der Waals surface area (Å²) in [5.74, 6) is 1.48. The molecule has 20 heavy (non-hydrogen) atoms. The Hall–Kier alpha value is -2.25. The Morgan fingerprint density at radius 3 is 2.35 bits per heavy atom. The van der Waals surface area contributed by atoms with Crippen molar-refractivity contribution in [2.24, 2.45) is 5.41 Å². The Morgan fingerprint density at radius 1 is 1.10 bits per heavy atom. The molecule has 0 radical (unpaired) electrons. The minimum Gasteiger partial charge on any atom is -0.354 e. The first-order chi connectivity index (χ1) is 9.48. The van der Waals surface area contributed by atoms with E-state index in [-0.39, 0.29) is 5.41 Å². The van der Waals surface area contributed by atoms with Gasteiger partial charge >= 0.3 is 0 Å². The minimum absolute atomic E-state index is 0.137. The highest BCUT2D eigenvalue weighted by atomic mass is 15.4. The molecule has 0 aliphatic carbocycles. The predicted molar refractivity (Wildman–Crippen MR) is 76.9 cm³/mol. The van der Waals surface area contributed by atoms with E-state index in [1.165, 1.54) is 11.0 Å². The van der Waals surface area contributed by atoms with Crippen LogP contribution in [0.5, 0.6) is 0 Å². The smallest absolute Gasteiger partial charge is 0.258 e. The van der Waals surface area contributed by atoms with E-state index in [2.05, 4.69) is 56.4 Å². The summed E-state index contributed by atoms with van der Waals surface area (Å²) in [7, 11) is 0. The standard InChI is InChI=1S/C12H20N8/c1-5-14-9-17-10(15-6-12(2,3)4)19-11(18-9)20-8-13-7-16-20/h7-8H,5-6H2,1-4H3,(H2,14,15,17,18,19). The second-order valence-corrected chi connectivity index (χ2v) is 5.57. The fourth-order valence-electron chi connectivity index (χ4n) is 1.44. The fraction of sp³-hybridized carbons (Fsp3) is 0.583. The van der Waals surface area contributed by atoms with E-state index in [1.54, 1.807) is 6.33 Å². The fourth-order valence-corrected chi connectivity index (χ4v) is 1.44. The Labute approximate surface area is 118 Å². The van der Waals surface area contributed by atoms with Crippen molar-refractivity contribution < 1.29 is 0 Å². The Balaban J connectivity index is 2.26. The lowest BCUT2D eigenvalue weighted by Crippen LogP contribution is -2.21. The van der Waals surface area contributed by atoms with E-state index in [9.17, 15) is 0 Å². The summed E-state index contributed by atoms with van der Waals surface area (Å²) >= 11 is 0. The van der Waals surface area contributed by atoms with Crippen LogP contribution in [0.2, 0.25) is 0 Å². The van der Waals surface area contributed by atoms with Crippen molar-refractivity contribution in [3.8, 4) is 5.95 Å². The van der Waals surface area contributed by atoms with Gasteiger partial charge in [0, 0.05) is 13.1 Å². The van der Waals surface area contributed by atoms with Crippen molar-refractivity contribution in [2.45, 2.75) is 27.7 Å². The van der Waals surface area contributed by atoms with Gasteiger partial charge in [0.15, 0.2) is 0 Å². The molecule has 8 heteroatoms. The molecule has 0 atom stereocenters. The number of aromatic nitrogens is 6. The van der Waals surface area contributed by atoms with Crippen molar-refractivity contribution in [1.82, 2.24) is 29.7 Å². The van der Waals surface area contributed by atoms with E-state index in [0.717, 1.165) is 13.1 Å². The average Bonchev–Trinajstić information content (AvgIpc) is 2.89. The molecule has 0 saturated carbocycles. The lowest BCUT2D eigenvalue weighted by molar-refractivity contribution is 0.441. The van der Waals surface area contributed by atoms with E-state index >= 15 is 0 Å². The quantitative estimate of drug-likeness (QED) is 0.851. The molecule has 2 aromatic heterocycles. The highest BCUT2D eigenvalue weighted by Crippen LogP contribution is 2.14. The number of hydrogen-bond acceptors (Lipinski definition) is 7. The lowest BCUT2D eigenvalue weighted by Gasteiger charge is -2.19. The highest BCUT2D eigenvalue weighted by molar-refractivity contribution is 5.37. The largest absolute Gasteiger partial charge is 0.354 e. The molecule has 8 nitrogen and oxygen atoms in total. The zero-order valence-corrected chi connectivity index (χ0v) is 12.3. The van der Waals surface area contributed by atoms with Gasteiger partial charge in [0.1, 0.15) is 12.7 Å². The number of nitrogens with one attached hydrogen (secondary N) is 2. The van der Waals surface area contributed by atoms with Gasteiger partial charge in [-0.3, -0.25) is 0 Å². The molecule has 0 fully saturated rings. The van der Waals surface area contributed by atoms with Crippen LogP contribution in [0.3, 0.4) is 0 Å².